The van der Waals surface area contributed by atoms with E-state index in [4.69, 9.17) is 4.42 Å². The van der Waals surface area contributed by atoms with Crippen molar-refractivity contribution in [3.63, 3.8) is 0 Å². The second-order valence-corrected chi connectivity index (χ2v) is 22.4. The van der Waals surface area contributed by atoms with E-state index in [-0.39, 0.29) is 17.7 Å². The fraction of sp³-hybridized carbons (Fsp3) is 0.169. The van der Waals surface area contributed by atoms with Gasteiger partial charge in [0.1, 0.15) is 5.58 Å². The molecule has 0 bridgehead atoms. The summed E-state index contributed by atoms with van der Waals surface area (Å²) in [6, 6.07) is 66.5. The van der Waals surface area contributed by atoms with Crippen LogP contribution in [0.25, 0.3) is 53.2 Å². The van der Waals surface area contributed by atoms with Crippen molar-refractivity contribution in [3.05, 3.63) is 198 Å². The Morgan fingerprint density at radius 2 is 1.20 bits per heavy atom. The smallest absolute Gasteiger partial charge is 0.252 e. The molecule has 71 heavy (non-hydrogen) atoms. The summed E-state index contributed by atoms with van der Waals surface area (Å²) in [5.74, 6) is 0. The highest BCUT2D eigenvalue weighted by atomic mass is 32.1. The molecule has 9 aromatic carbocycles. The van der Waals surface area contributed by atoms with Gasteiger partial charge in [-0.15, -0.1) is 11.3 Å². The van der Waals surface area contributed by atoms with Gasteiger partial charge in [0.2, 0.25) is 0 Å². The zero-order valence-electron chi connectivity index (χ0n) is 40.8. The first-order chi connectivity index (χ1) is 34.7. The summed E-state index contributed by atoms with van der Waals surface area (Å²) in [4.78, 5) is 7.95. The van der Waals surface area contributed by atoms with Crippen LogP contribution in [0.1, 0.15) is 61.8 Å². The Morgan fingerprint density at radius 3 is 2.06 bits per heavy atom. The molecule has 1 aliphatic carbocycles. The van der Waals surface area contributed by atoms with E-state index in [9.17, 15) is 0 Å². The van der Waals surface area contributed by atoms with Crippen molar-refractivity contribution in [1.82, 2.24) is 0 Å². The molecule has 4 nitrogen and oxygen atoms in total. The third-order valence-corrected chi connectivity index (χ3v) is 18.5. The van der Waals surface area contributed by atoms with Crippen molar-refractivity contribution >= 4 is 122 Å². The molecule has 5 heterocycles. The zero-order valence-corrected chi connectivity index (χ0v) is 41.6. The molecule has 2 atom stereocenters. The van der Waals surface area contributed by atoms with Gasteiger partial charge in [-0.1, -0.05) is 129 Å². The zero-order chi connectivity index (χ0) is 47.5. The van der Waals surface area contributed by atoms with E-state index >= 15 is 0 Å². The number of anilines is 8. The Morgan fingerprint density at radius 1 is 0.507 bits per heavy atom. The first-order valence-corrected chi connectivity index (χ1v) is 26.3. The summed E-state index contributed by atoms with van der Waals surface area (Å²) < 4.78 is 9.63. The summed E-state index contributed by atoms with van der Waals surface area (Å²) in [7, 11) is 0. The number of nitrogens with zero attached hydrogens (tertiary/aromatic N) is 3. The van der Waals surface area contributed by atoms with Crippen LogP contribution in [0.3, 0.4) is 0 Å². The second kappa shape index (κ2) is 14.8. The molecule has 0 N–H and O–H groups in total. The highest BCUT2D eigenvalue weighted by molar-refractivity contribution is 7.26. The lowest BCUT2D eigenvalue weighted by atomic mass is 9.33. The van der Waals surface area contributed by atoms with Crippen molar-refractivity contribution in [2.75, 3.05) is 14.7 Å². The molecule has 15 rings (SSSR count). The molecule has 342 valence electrons. The van der Waals surface area contributed by atoms with Gasteiger partial charge in [0, 0.05) is 70.5 Å². The molecule has 2 aromatic heterocycles. The molecule has 1 fully saturated rings. The normalized spacial score (nSPS) is 18.8. The number of benzene rings is 9. The first-order valence-electron chi connectivity index (χ1n) is 25.5. The second-order valence-electron chi connectivity index (χ2n) is 21.3. The van der Waals surface area contributed by atoms with Crippen molar-refractivity contribution in [2.45, 2.75) is 71.3 Å². The predicted molar refractivity (Wildman–Crippen MR) is 303 cm³/mol. The third-order valence-electron chi connectivity index (χ3n) is 17.3. The molecule has 0 saturated heterocycles. The molecular formula is C65H52BN3OS. The molecule has 0 amide bonds. The minimum absolute atomic E-state index is 0.0166. The monoisotopic (exact) mass is 933 g/mol. The molecule has 0 radical (unpaired) electrons. The van der Waals surface area contributed by atoms with Crippen molar-refractivity contribution < 1.29 is 4.42 Å². The number of hydrogen-bond acceptors (Lipinski definition) is 5. The average molecular weight is 934 g/mol. The van der Waals surface area contributed by atoms with Gasteiger partial charge < -0.3 is 19.1 Å². The Kier molecular flexibility index (Phi) is 8.58. The van der Waals surface area contributed by atoms with E-state index in [1.807, 2.05) is 11.3 Å². The van der Waals surface area contributed by atoms with Crippen LogP contribution in [0, 0.1) is 20.8 Å². The standard InChI is InChI=1S/C65H52BN3OS/c1-39-33-41(3)61-54(34-39)69(65(5)32-14-13-31-64(61,65)4)44-28-29-48-53(38-44)68(52-23-15-21-46-45-19-9-11-24-57(45)70-63(46)52)56-36-40(2)35-55-62(56)66(48)49-37-43(42-17-7-6-8-18-42)27-30-50(49)67(55)51-22-16-26-59-60(51)47-20-10-12-25-58(47)71-59/h6-12,15-30,33-38H,13-14,31-32H2,1-5H3. The Hall–Kier alpha value is -7.54. The van der Waals surface area contributed by atoms with E-state index in [1.165, 1.54) is 129 Å². The van der Waals surface area contributed by atoms with Gasteiger partial charge in [-0.2, -0.15) is 0 Å². The van der Waals surface area contributed by atoms with Crippen LogP contribution in [0.2, 0.25) is 0 Å². The SMILES string of the molecule is Cc1cc2c3c(c1)N(c1cccc4sc5ccccc5c14)c1ccc(-c4ccccc4)cc1B3c1ccc(N3c4cc(C)cc(C)c4C4(C)CCCCC34C)cc1N2c1cccc2c1oc1ccccc12. The van der Waals surface area contributed by atoms with Crippen molar-refractivity contribution in [3.8, 4) is 11.1 Å². The number of rotatable bonds is 4. The Balaban J connectivity index is 1.05. The Bertz CT molecular complexity index is 4080. The quantitative estimate of drug-likeness (QED) is 0.164. The molecule has 11 aromatic rings. The number of hydrogen-bond donors (Lipinski definition) is 0. The maximum Gasteiger partial charge on any atom is 0.252 e. The molecule has 0 spiro atoms. The number of para-hydroxylation sites is 2. The maximum atomic E-state index is 7.03. The fourth-order valence-corrected chi connectivity index (χ4v) is 15.3. The number of aryl methyl sites for hydroxylation is 3. The van der Waals surface area contributed by atoms with Gasteiger partial charge >= 0.3 is 0 Å². The van der Waals surface area contributed by atoms with Crippen LogP contribution in [0.4, 0.5) is 45.5 Å². The van der Waals surface area contributed by atoms with E-state index in [0.29, 0.717) is 0 Å². The predicted octanol–water partition coefficient (Wildman–Crippen LogP) is 16.4. The van der Waals surface area contributed by atoms with E-state index < -0.39 is 0 Å². The largest absolute Gasteiger partial charge is 0.454 e. The molecule has 6 heteroatoms. The van der Waals surface area contributed by atoms with Gasteiger partial charge in [0.15, 0.2) is 5.58 Å². The van der Waals surface area contributed by atoms with Gasteiger partial charge in [-0.25, -0.2) is 0 Å². The van der Waals surface area contributed by atoms with Crippen LogP contribution in [0.15, 0.2) is 180 Å². The van der Waals surface area contributed by atoms with Gasteiger partial charge in [0.05, 0.1) is 16.9 Å². The summed E-state index contributed by atoms with van der Waals surface area (Å²) >= 11 is 1.88. The Labute approximate surface area is 419 Å². The van der Waals surface area contributed by atoms with Gasteiger partial charge in [0.25, 0.3) is 6.71 Å². The summed E-state index contributed by atoms with van der Waals surface area (Å²) in [6.45, 7) is 12.0. The molecule has 4 aliphatic rings. The average Bonchev–Trinajstić information content (AvgIpc) is 4.03. The molecule has 2 unspecified atom stereocenters. The third kappa shape index (κ3) is 5.57. The number of thiophene rings is 1. The van der Waals surface area contributed by atoms with Crippen LogP contribution < -0.4 is 31.1 Å². The summed E-state index contributed by atoms with van der Waals surface area (Å²) in [6.07, 6.45) is 4.81. The molecule has 1 saturated carbocycles. The highest BCUT2D eigenvalue weighted by Crippen LogP contribution is 2.62. The van der Waals surface area contributed by atoms with Crippen molar-refractivity contribution in [1.29, 1.82) is 0 Å². The van der Waals surface area contributed by atoms with E-state index in [0.717, 1.165) is 34.0 Å². The summed E-state index contributed by atoms with van der Waals surface area (Å²) in [5.41, 5.74) is 23.2. The first kappa shape index (κ1) is 41.3. The van der Waals surface area contributed by atoms with Gasteiger partial charge in [-0.05, 0) is 157 Å². The van der Waals surface area contributed by atoms with Crippen LogP contribution in [0.5, 0.6) is 0 Å². The lowest BCUT2D eigenvalue weighted by Gasteiger charge is -2.51. The lowest BCUT2D eigenvalue weighted by Crippen LogP contribution is -2.61. The van der Waals surface area contributed by atoms with E-state index in [2.05, 4.69) is 225 Å². The molecular weight excluding hydrogens is 882 g/mol. The highest BCUT2D eigenvalue weighted by Gasteiger charge is 2.58. The van der Waals surface area contributed by atoms with Gasteiger partial charge in [-0.3, -0.25) is 0 Å². The van der Waals surface area contributed by atoms with E-state index in [1.54, 1.807) is 0 Å². The van der Waals surface area contributed by atoms with Crippen LogP contribution in [-0.2, 0) is 5.41 Å². The number of furan rings is 1. The summed E-state index contributed by atoms with van der Waals surface area (Å²) in [5, 5.41) is 4.85. The minimum Gasteiger partial charge on any atom is -0.454 e. The topological polar surface area (TPSA) is 22.9 Å². The number of fused-ring (bicyclic) bond motifs is 13. The van der Waals surface area contributed by atoms with Crippen molar-refractivity contribution in [2.24, 2.45) is 0 Å². The fourth-order valence-electron chi connectivity index (χ4n) is 14.2. The van der Waals surface area contributed by atoms with Crippen LogP contribution >= 0.6 is 11.3 Å². The molecule has 3 aliphatic heterocycles. The van der Waals surface area contributed by atoms with Crippen LogP contribution in [-0.4, -0.2) is 12.3 Å². The maximum absolute atomic E-state index is 7.03. The lowest BCUT2D eigenvalue weighted by molar-refractivity contribution is 0.194. The minimum atomic E-state index is -0.102.